The Morgan fingerprint density at radius 3 is 2.62 bits per heavy atom. The largest absolute Gasteiger partial charge is 0.507 e. The van der Waals surface area contributed by atoms with Crippen LogP contribution >= 0.6 is 0 Å². The number of amides is 1. The predicted molar refractivity (Wildman–Crippen MR) is 109 cm³/mol. The predicted octanol–water partition coefficient (Wildman–Crippen LogP) is 3.47. The highest BCUT2D eigenvalue weighted by atomic mass is 16.3. The van der Waals surface area contributed by atoms with Crippen LogP contribution in [-0.2, 0) is 18.3 Å². The Balaban J connectivity index is 1.46. The fraction of sp³-hybridized carbons (Fsp3) is 0.364. The Morgan fingerprint density at radius 1 is 1.07 bits per heavy atom. The second kappa shape index (κ2) is 6.99. The van der Waals surface area contributed by atoms with E-state index in [1.807, 2.05) is 36.3 Å². The minimum absolute atomic E-state index is 0.106. The molecule has 148 valence electrons. The number of aryl methyl sites for hydroxylation is 1. The number of carbonyl (C=O) groups is 1. The minimum Gasteiger partial charge on any atom is -0.507 e. The number of carbonyl (C=O) groups excluding carboxylic acids is 1. The average Bonchev–Trinajstić information content (AvgIpc) is 3.30. The Kier molecular flexibility index (Phi) is 4.30. The summed E-state index contributed by atoms with van der Waals surface area (Å²) in [6.07, 6.45) is 9.63. The maximum absolute atomic E-state index is 12.6. The molecule has 0 spiro atoms. The van der Waals surface area contributed by atoms with Crippen LogP contribution in [0.15, 0.2) is 36.7 Å². The number of phenolic OH excluding ortho intramolecular Hbond substituents is 1. The van der Waals surface area contributed by atoms with Gasteiger partial charge < -0.3 is 5.11 Å². The summed E-state index contributed by atoms with van der Waals surface area (Å²) < 4.78 is 1.72. The summed E-state index contributed by atoms with van der Waals surface area (Å²) in [4.78, 5) is 14.5. The molecule has 1 saturated carbocycles. The number of hydrogen-bond donors (Lipinski definition) is 1. The first-order valence-electron chi connectivity index (χ1n) is 10.1. The quantitative estimate of drug-likeness (QED) is 0.741. The lowest BCUT2D eigenvalue weighted by Gasteiger charge is -2.30. The second-order valence-corrected chi connectivity index (χ2v) is 7.95. The highest BCUT2D eigenvalue weighted by molar-refractivity contribution is 6.01. The zero-order valence-electron chi connectivity index (χ0n) is 16.4. The number of phenols is 1. The molecule has 7 nitrogen and oxygen atoms in total. The molecule has 29 heavy (non-hydrogen) atoms. The molecule has 0 saturated heterocycles. The lowest BCUT2D eigenvalue weighted by Crippen LogP contribution is -2.39. The molecule has 1 N–H and O–H groups in total. The molecule has 0 bridgehead atoms. The second-order valence-electron chi connectivity index (χ2n) is 7.95. The maximum atomic E-state index is 12.6. The van der Waals surface area contributed by atoms with Crippen LogP contribution in [0.2, 0.25) is 0 Å². The summed E-state index contributed by atoms with van der Waals surface area (Å²) >= 11 is 0. The fourth-order valence-corrected chi connectivity index (χ4v) is 4.47. The van der Waals surface area contributed by atoms with Gasteiger partial charge >= 0.3 is 0 Å². The van der Waals surface area contributed by atoms with Crippen LogP contribution in [0.25, 0.3) is 22.4 Å². The molecular weight excluding hydrogens is 366 g/mol. The van der Waals surface area contributed by atoms with E-state index in [0.29, 0.717) is 23.5 Å². The molecule has 0 radical (unpaired) electrons. The van der Waals surface area contributed by atoms with Gasteiger partial charge in [0.05, 0.1) is 18.3 Å². The molecule has 3 aromatic rings. The number of aromatic hydroxyl groups is 1. The number of anilines is 1. The van der Waals surface area contributed by atoms with Crippen molar-refractivity contribution in [1.82, 2.24) is 20.0 Å². The standard InChI is InChI=1S/C22H23N5O2/c1-26-13-16(12-23-26)14-7-8-18(20(28)10-14)19-9-15-11-21(29)27(22(15)25-24-19)17-5-3-2-4-6-17/h7-10,12-13,17,28H,2-6,11H2,1H3. The van der Waals surface area contributed by atoms with E-state index in [9.17, 15) is 9.90 Å². The van der Waals surface area contributed by atoms with Crippen LogP contribution in [0.3, 0.4) is 0 Å². The highest BCUT2D eigenvalue weighted by Gasteiger charge is 2.35. The van der Waals surface area contributed by atoms with Crippen LogP contribution in [0.5, 0.6) is 5.75 Å². The van der Waals surface area contributed by atoms with Gasteiger partial charge in [-0.25, -0.2) is 0 Å². The van der Waals surface area contributed by atoms with Gasteiger partial charge in [-0.2, -0.15) is 5.10 Å². The van der Waals surface area contributed by atoms with Crippen molar-refractivity contribution in [2.24, 2.45) is 7.05 Å². The van der Waals surface area contributed by atoms with Gasteiger partial charge in [0.25, 0.3) is 0 Å². The average molecular weight is 389 g/mol. The normalized spacial score (nSPS) is 17.0. The SMILES string of the molecule is Cn1cc(-c2ccc(-c3cc4c(nn3)N(C3CCCCC3)C(=O)C4)c(O)c2)cn1. The molecular formula is C22H23N5O2. The smallest absolute Gasteiger partial charge is 0.233 e. The van der Waals surface area contributed by atoms with Crippen LogP contribution in [-0.4, -0.2) is 37.0 Å². The van der Waals surface area contributed by atoms with Crippen molar-refractivity contribution < 1.29 is 9.90 Å². The molecule has 0 unspecified atom stereocenters. The van der Waals surface area contributed by atoms with E-state index in [0.717, 1.165) is 42.4 Å². The molecule has 1 aromatic carbocycles. The molecule has 3 heterocycles. The molecule has 1 amide bonds. The van der Waals surface area contributed by atoms with E-state index >= 15 is 0 Å². The molecule has 1 fully saturated rings. The Labute approximate surface area is 169 Å². The van der Waals surface area contributed by atoms with Gasteiger partial charge in [0.15, 0.2) is 5.82 Å². The van der Waals surface area contributed by atoms with Crippen molar-refractivity contribution in [3.05, 3.63) is 42.2 Å². The first-order chi connectivity index (χ1) is 14.1. The number of rotatable bonds is 3. The molecule has 0 atom stereocenters. The van der Waals surface area contributed by atoms with Crippen LogP contribution in [0.4, 0.5) is 5.82 Å². The first kappa shape index (κ1) is 17.8. The third-order valence-electron chi connectivity index (χ3n) is 5.94. The molecule has 7 heteroatoms. The van der Waals surface area contributed by atoms with E-state index in [2.05, 4.69) is 15.3 Å². The van der Waals surface area contributed by atoms with Crippen LogP contribution in [0, 0.1) is 0 Å². The number of hydrogen-bond acceptors (Lipinski definition) is 5. The van der Waals surface area contributed by atoms with Crippen molar-refractivity contribution >= 4 is 11.7 Å². The van der Waals surface area contributed by atoms with Crippen molar-refractivity contribution in [2.75, 3.05) is 4.90 Å². The Bertz CT molecular complexity index is 1080. The number of fused-ring (bicyclic) bond motifs is 1. The van der Waals surface area contributed by atoms with Gasteiger partial charge in [-0.15, -0.1) is 10.2 Å². The van der Waals surface area contributed by atoms with Crippen LogP contribution in [0.1, 0.15) is 37.7 Å². The molecule has 1 aliphatic heterocycles. The van der Waals surface area contributed by atoms with Gasteiger partial charge in [-0.05, 0) is 36.6 Å². The first-order valence-corrected chi connectivity index (χ1v) is 10.1. The Hall–Kier alpha value is -3.22. The summed E-state index contributed by atoms with van der Waals surface area (Å²) in [7, 11) is 1.86. The lowest BCUT2D eigenvalue weighted by atomic mass is 9.94. The number of benzene rings is 1. The van der Waals surface area contributed by atoms with Gasteiger partial charge in [-0.3, -0.25) is 14.4 Å². The molecule has 5 rings (SSSR count). The lowest BCUT2D eigenvalue weighted by molar-refractivity contribution is -0.118. The summed E-state index contributed by atoms with van der Waals surface area (Å²) in [5.41, 5.74) is 3.89. The van der Waals surface area contributed by atoms with Gasteiger partial charge in [-0.1, -0.05) is 25.3 Å². The zero-order valence-corrected chi connectivity index (χ0v) is 16.4. The maximum Gasteiger partial charge on any atom is 0.233 e. The van der Waals surface area contributed by atoms with Crippen molar-refractivity contribution in [3.63, 3.8) is 0 Å². The fourth-order valence-electron chi connectivity index (χ4n) is 4.47. The summed E-state index contributed by atoms with van der Waals surface area (Å²) in [5, 5.41) is 23.5. The summed E-state index contributed by atoms with van der Waals surface area (Å²) in [5.74, 6) is 0.931. The third-order valence-corrected chi connectivity index (χ3v) is 5.94. The molecule has 1 aliphatic carbocycles. The summed E-state index contributed by atoms with van der Waals surface area (Å²) in [6, 6.07) is 7.61. The van der Waals surface area contributed by atoms with Gasteiger partial charge in [0, 0.05) is 36.0 Å². The highest BCUT2D eigenvalue weighted by Crippen LogP contribution is 2.37. The van der Waals surface area contributed by atoms with E-state index in [4.69, 9.17) is 0 Å². The van der Waals surface area contributed by atoms with Crippen molar-refractivity contribution in [1.29, 1.82) is 0 Å². The van der Waals surface area contributed by atoms with Gasteiger partial charge in [0.2, 0.25) is 5.91 Å². The number of aromatic nitrogens is 4. The van der Waals surface area contributed by atoms with E-state index in [1.54, 1.807) is 16.9 Å². The zero-order chi connectivity index (χ0) is 20.0. The van der Waals surface area contributed by atoms with E-state index in [1.165, 1.54) is 6.42 Å². The minimum atomic E-state index is 0.106. The monoisotopic (exact) mass is 389 g/mol. The van der Waals surface area contributed by atoms with Crippen molar-refractivity contribution in [3.8, 4) is 28.1 Å². The third kappa shape index (κ3) is 3.16. The summed E-state index contributed by atoms with van der Waals surface area (Å²) in [6.45, 7) is 0. The molecule has 2 aromatic heterocycles. The molecule has 2 aliphatic rings. The van der Waals surface area contributed by atoms with E-state index < -0.39 is 0 Å². The number of nitrogens with zero attached hydrogens (tertiary/aromatic N) is 5. The van der Waals surface area contributed by atoms with Crippen molar-refractivity contribution in [2.45, 2.75) is 44.6 Å². The topological polar surface area (TPSA) is 84.1 Å². The Morgan fingerprint density at radius 2 is 1.90 bits per heavy atom. The van der Waals surface area contributed by atoms with E-state index in [-0.39, 0.29) is 17.7 Å². The van der Waals surface area contributed by atoms with Gasteiger partial charge in [0.1, 0.15) is 5.75 Å². The van der Waals surface area contributed by atoms with Crippen LogP contribution < -0.4 is 4.90 Å².